The van der Waals surface area contributed by atoms with Crippen LogP contribution in [-0.2, 0) is 4.79 Å². The van der Waals surface area contributed by atoms with Crippen LogP contribution in [0.15, 0.2) is 54.9 Å². The predicted octanol–water partition coefficient (Wildman–Crippen LogP) is 3.62. The van der Waals surface area contributed by atoms with E-state index < -0.39 is 5.92 Å². The van der Waals surface area contributed by atoms with Crippen LogP contribution in [0, 0.1) is 11.6 Å². The van der Waals surface area contributed by atoms with Crippen LogP contribution in [0.25, 0.3) is 5.69 Å². The Balaban J connectivity index is 1.83. The van der Waals surface area contributed by atoms with Gasteiger partial charge in [-0.05, 0) is 35.9 Å². The van der Waals surface area contributed by atoms with Crippen molar-refractivity contribution in [1.82, 2.24) is 9.55 Å². The molecule has 24 heavy (non-hydrogen) atoms. The average molecular weight is 325 g/mol. The molecule has 0 saturated carbocycles. The maximum absolute atomic E-state index is 14.2. The molecular formula is C18H13F2N3O. The molecule has 0 aliphatic carbocycles. The van der Waals surface area contributed by atoms with Gasteiger partial charge >= 0.3 is 0 Å². The molecule has 2 heterocycles. The van der Waals surface area contributed by atoms with Crippen molar-refractivity contribution in [3.05, 3.63) is 77.8 Å². The number of carbonyl (C=O) groups is 1. The molecular weight excluding hydrogens is 312 g/mol. The van der Waals surface area contributed by atoms with Gasteiger partial charge in [0.1, 0.15) is 23.8 Å². The van der Waals surface area contributed by atoms with E-state index in [0.717, 1.165) is 0 Å². The molecule has 0 unspecified atom stereocenters. The highest BCUT2D eigenvalue weighted by Crippen LogP contribution is 2.38. The number of imidazole rings is 1. The normalized spacial score (nSPS) is 16.6. The van der Waals surface area contributed by atoms with Crippen molar-refractivity contribution in [1.29, 1.82) is 0 Å². The maximum Gasteiger partial charge on any atom is 0.226 e. The fourth-order valence-corrected chi connectivity index (χ4v) is 3.02. The third kappa shape index (κ3) is 2.36. The molecule has 0 fully saturated rings. The maximum atomic E-state index is 14.2. The lowest BCUT2D eigenvalue weighted by Crippen LogP contribution is -2.25. The molecule has 4 rings (SSSR count). The number of nitrogens with zero attached hydrogens (tertiary/aromatic N) is 2. The number of rotatable bonds is 2. The first kappa shape index (κ1) is 14.6. The van der Waals surface area contributed by atoms with E-state index >= 15 is 0 Å². The molecule has 1 N–H and O–H groups in total. The number of benzene rings is 2. The Morgan fingerprint density at radius 1 is 1.08 bits per heavy atom. The van der Waals surface area contributed by atoms with Crippen LogP contribution >= 0.6 is 0 Å². The second-order valence-corrected chi connectivity index (χ2v) is 5.65. The van der Waals surface area contributed by atoms with Crippen molar-refractivity contribution in [2.24, 2.45) is 0 Å². The molecule has 6 heteroatoms. The van der Waals surface area contributed by atoms with E-state index in [1.165, 1.54) is 18.2 Å². The van der Waals surface area contributed by atoms with E-state index in [9.17, 15) is 13.6 Å². The molecule has 0 bridgehead atoms. The quantitative estimate of drug-likeness (QED) is 0.782. The summed E-state index contributed by atoms with van der Waals surface area (Å²) in [7, 11) is 0. The first-order valence-electron chi connectivity index (χ1n) is 7.51. The number of anilines is 1. The molecule has 2 aromatic carbocycles. The van der Waals surface area contributed by atoms with Gasteiger partial charge in [0.25, 0.3) is 0 Å². The van der Waals surface area contributed by atoms with Crippen LogP contribution in [0.4, 0.5) is 14.6 Å². The molecule has 0 saturated heterocycles. The summed E-state index contributed by atoms with van der Waals surface area (Å²) >= 11 is 0. The second-order valence-electron chi connectivity index (χ2n) is 5.65. The van der Waals surface area contributed by atoms with Gasteiger partial charge in [-0.3, -0.25) is 9.36 Å². The number of carbonyl (C=O) groups excluding carboxylic acids is 1. The lowest BCUT2D eigenvalue weighted by molar-refractivity contribution is -0.116. The Bertz CT molecular complexity index is 918. The van der Waals surface area contributed by atoms with E-state index in [2.05, 4.69) is 10.3 Å². The third-order valence-electron chi connectivity index (χ3n) is 4.16. The monoisotopic (exact) mass is 325 g/mol. The van der Waals surface area contributed by atoms with Gasteiger partial charge in [-0.2, -0.15) is 0 Å². The van der Waals surface area contributed by atoms with Crippen LogP contribution in [0.5, 0.6) is 0 Å². The SMILES string of the molecule is O=C1C[C@@H](c2ccccc2F)c2ncn(-c3ccc(F)cc3)c2N1. The molecule has 0 radical (unpaired) electrons. The lowest BCUT2D eigenvalue weighted by Gasteiger charge is -2.23. The zero-order chi connectivity index (χ0) is 16.7. The van der Waals surface area contributed by atoms with Crippen molar-refractivity contribution >= 4 is 11.7 Å². The van der Waals surface area contributed by atoms with E-state index in [1.54, 1.807) is 41.2 Å². The molecule has 1 aliphatic rings. The van der Waals surface area contributed by atoms with Gasteiger partial charge in [0.15, 0.2) is 0 Å². The number of hydrogen-bond acceptors (Lipinski definition) is 2. The molecule has 1 aliphatic heterocycles. The minimum Gasteiger partial charge on any atom is -0.310 e. The van der Waals surface area contributed by atoms with Crippen molar-refractivity contribution in [2.75, 3.05) is 5.32 Å². The Morgan fingerprint density at radius 2 is 1.83 bits per heavy atom. The number of hydrogen-bond donors (Lipinski definition) is 1. The van der Waals surface area contributed by atoms with Crippen LogP contribution in [0.2, 0.25) is 0 Å². The van der Waals surface area contributed by atoms with E-state index in [1.807, 2.05) is 0 Å². The van der Waals surface area contributed by atoms with Gasteiger partial charge in [-0.25, -0.2) is 13.8 Å². The molecule has 1 aromatic heterocycles. The third-order valence-corrected chi connectivity index (χ3v) is 4.16. The van der Waals surface area contributed by atoms with Crippen LogP contribution in [0.3, 0.4) is 0 Å². The average Bonchev–Trinajstić information content (AvgIpc) is 2.99. The smallest absolute Gasteiger partial charge is 0.226 e. The number of nitrogens with one attached hydrogen (secondary N) is 1. The van der Waals surface area contributed by atoms with Crippen LogP contribution in [-0.4, -0.2) is 15.5 Å². The van der Waals surface area contributed by atoms with Crippen molar-refractivity contribution in [3.8, 4) is 5.69 Å². The minimum absolute atomic E-state index is 0.133. The first-order chi connectivity index (χ1) is 11.6. The van der Waals surface area contributed by atoms with E-state index in [4.69, 9.17) is 0 Å². The Kier molecular flexibility index (Phi) is 3.37. The molecule has 1 amide bonds. The van der Waals surface area contributed by atoms with Gasteiger partial charge in [0.05, 0.1) is 5.69 Å². The number of aromatic nitrogens is 2. The Hall–Kier alpha value is -3.02. The van der Waals surface area contributed by atoms with Gasteiger partial charge in [0, 0.05) is 18.0 Å². The van der Waals surface area contributed by atoms with Crippen molar-refractivity contribution < 1.29 is 13.6 Å². The predicted molar refractivity (Wildman–Crippen MR) is 85.0 cm³/mol. The summed E-state index contributed by atoms with van der Waals surface area (Å²) in [5.74, 6) is -0.872. The van der Waals surface area contributed by atoms with Gasteiger partial charge < -0.3 is 5.32 Å². The zero-order valence-electron chi connectivity index (χ0n) is 12.5. The Morgan fingerprint density at radius 3 is 2.58 bits per heavy atom. The number of halogens is 2. The lowest BCUT2D eigenvalue weighted by atomic mass is 9.89. The molecule has 120 valence electrons. The summed E-state index contributed by atoms with van der Waals surface area (Å²) in [6.45, 7) is 0. The van der Waals surface area contributed by atoms with Gasteiger partial charge in [-0.15, -0.1) is 0 Å². The summed E-state index contributed by atoms with van der Waals surface area (Å²) in [5.41, 5.74) is 1.71. The number of amides is 1. The topological polar surface area (TPSA) is 46.9 Å². The molecule has 3 aromatic rings. The fraction of sp³-hybridized carbons (Fsp3) is 0.111. The van der Waals surface area contributed by atoms with Crippen LogP contribution in [0.1, 0.15) is 23.6 Å². The Labute approximate surface area is 136 Å². The summed E-state index contributed by atoms with van der Waals surface area (Å²) in [6.07, 6.45) is 1.69. The highest BCUT2D eigenvalue weighted by Gasteiger charge is 2.32. The highest BCUT2D eigenvalue weighted by molar-refractivity contribution is 5.94. The summed E-state index contributed by atoms with van der Waals surface area (Å²) in [5, 5.41) is 2.79. The van der Waals surface area contributed by atoms with Gasteiger partial charge in [0.2, 0.25) is 5.91 Å². The van der Waals surface area contributed by atoms with Crippen molar-refractivity contribution in [3.63, 3.8) is 0 Å². The molecule has 1 atom stereocenters. The van der Waals surface area contributed by atoms with Gasteiger partial charge in [-0.1, -0.05) is 18.2 Å². The van der Waals surface area contributed by atoms with Crippen molar-refractivity contribution in [2.45, 2.75) is 12.3 Å². The van der Waals surface area contributed by atoms with E-state index in [-0.39, 0.29) is 24.0 Å². The summed E-state index contributed by atoms with van der Waals surface area (Å²) in [6, 6.07) is 12.2. The fourth-order valence-electron chi connectivity index (χ4n) is 3.02. The second kappa shape index (κ2) is 5.56. The first-order valence-corrected chi connectivity index (χ1v) is 7.51. The highest BCUT2D eigenvalue weighted by atomic mass is 19.1. The van der Waals surface area contributed by atoms with Crippen LogP contribution < -0.4 is 5.32 Å². The van der Waals surface area contributed by atoms with E-state index in [0.29, 0.717) is 22.8 Å². The summed E-state index contributed by atoms with van der Waals surface area (Å²) in [4.78, 5) is 16.5. The largest absolute Gasteiger partial charge is 0.310 e. The number of fused-ring (bicyclic) bond motifs is 1. The standard InChI is InChI=1S/C18H13F2N3O/c19-11-5-7-12(8-6-11)23-10-21-17-14(9-16(24)22-18(17)23)13-3-1-2-4-15(13)20/h1-8,10,14H,9H2,(H,22,24)/t14-/m0/s1. The summed E-state index contributed by atoms with van der Waals surface area (Å²) < 4.78 is 28.9. The molecule has 4 nitrogen and oxygen atoms in total. The molecule has 0 spiro atoms. The minimum atomic E-state index is -0.448. The zero-order valence-corrected chi connectivity index (χ0v) is 12.5.